The molecule has 23 heavy (non-hydrogen) atoms. The minimum Gasteiger partial charge on any atom is -0.481 e. The van der Waals surface area contributed by atoms with E-state index in [1.54, 1.807) is 6.20 Å². The van der Waals surface area contributed by atoms with Crippen LogP contribution in [0.5, 0.6) is 0 Å². The van der Waals surface area contributed by atoms with Crippen molar-refractivity contribution in [2.45, 2.75) is 25.7 Å². The van der Waals surface area contributed by atoms with Gasteiger partial charge in [-0.2, -0.15) is 0 Å². The number of amides is 1. The summed E-state index contributed by atoms with van der Waals surface area (Å²) in [5, 5.41) is 12.3. The summed E-state index contributed by atoms with van der Waals surface area (Å²) in [5.41, 5.74) is 1.27. The number of aryl methyl sites for hydroxylation is 2. The van der Waals surface area contributed by atoms with Crippen LogP contribution in [0, 0.1) is 11.8 Å². The maximum absolute atomic E-state index is 12.1. The third-order valence-corrected chi connectivity index (χ3v) is 5.19. The van der Waals surface area contributed by atoms with Gasteiger partial charge in [0.25, 0.3) is 0 Å². The first kappa shape index (κ1) is 15.7. The molecule has 0 spiro atoms. The lowest BCUT2D eigenvalue weighted by Gasteiger charge is -2.31. The molecule has 1 aliphatic carbocycles. The molecule has 1 aliphatic rings. The van der Waals surface area contributed by atoms with Gasteiger partial charge in [0, 0.05) is 11.1 Å². The van der Waals surface area contributed by atoms with E-state index in [-0.39, 0.29) is 5.91 Å². The molecule has 0 radical (unpaired) electrons. The van der Waals surface area contributed by atoms with Crippen molar-refractivity contribution in [1.29, 1.82) is 0 Å². The van der Waals surface area contributed by atoms with Crippen molar-refractivity contribution in [2.75, 3.05) is 5.32 Å². The van der Waals surface area contributed by atoms with E-state index in [1.165, 1.54) is 16.9 Å². The minimum atomic E-state index is -0.890. The van der Waals surface area contributed by atoms with Crippen molar-refractivity contribution >= 4 is 28.3 Å². The number of nitrogens with zero attached hydrogens (tertiary/aromatic N) is 1. The molecule has 5 nitrogen and oxygen atoms in total. The number of hydrogen-bond donors (Lipinski definition) is 2. The second kappa shape index (κ2) is 6.91. The molecular weight excluding hydrogens is 312 g/mol. The van der Waals surface area contributed by atoms with E-state index in [1.807, 2.05) is 18.2 Å². The van der Waals surface area contributed by atoms with Crippen LogP contribution in [0.15, 0.2) is 36.5 Å². The first-order chi connectivity index (χ1) is 11.1. The van der Waals surface area contributed by atoms with Gasteiger partial charge in [0.2, 0.25) is 5.91 Å². The first-order valence-corrected chi connectivity index (χ1v) is 8.47. The zero-order valence-corrected chi connectivity index (χ0v) is 13.4. The third-order valence-electron chi connectivity index (χ3n) is 4.21. The molecule has 0 aliphatic heterocycles. The van der Waals surface area contributed by atoms with Crippen molar-refractivity contribution in [3.63, 3.8) is 0 Å². The van der Waals surface area contributed by atoms with Crippen molar-refractivity contribution in [2.24, 2.45) is 11.8 Å². The molecule has 6 heteroatoms. The average molecular weight is 330 g/mol. The van der Waals surface area contributed by atoms with Crippen LogP contribution in [0.2, 0.25) is 0 Å². The zero-order valence-electron chi connectivity index (χ0n) is 12.6. The lowest BCUT2D eigenvalue weighted by Crippen LogP contribution is -2.41. The SMILES string of the molecule is O=C(Nc1ncc(CCc2ccccc2)s1)[C@H]1CC[C@H]1C(=O)O. The average Bonchev–Trinajstić information content (AvgIpc) is 2.92. The molecule has 2 atom stereocenters. The van der Waals surface area contributed by atoms with E-state index in [0.29, 0.717) is 18.0 Å². The summed E-state index contributed by atoms with van der Waals surface area (Å²) in [7, 11) is 0. The number of hydrogen-bond acceptors (Lipinski definition) is 4. The molecule has 0 saturated heterocycles. The Labute approximate surface area is 138 Å². The maximum atomic E-state index is 12.1. The fraction of sp³-hybridized carbons (Fsp3) is 0.353. The van der Waals surface area contributed by atoms with Crippen molar-refractivity contribution < 1.29 is 14.7 Å². The van der Waals surface area contributed by atoms with Gasteiger partial charge in [-0.1, -0.05) is 30.3 Å². The molecule has 1 aromatic carbocycles. The number of benzene rings is 1. The second-order valence-corrected chi connectivity index (χ2v) is 6.85. The highest BCUT2D eigenvalue weighted by molar-refractivity contribution is 7.15. The van der Waals surface area contributed by atoms with E-state index < -0.39 is 17.8 Å². The molecule has 1 aromatic heterocycles. The quantitative estimate of drug-likeness (QED) is 0.853. The Balaban J connectivity index is 1.53. The van der Waals surface area contributed by atoms with Gasteiger partial charge < -0.3 is 10.4 Å². The Kier molecular flexibility index (Phi) is 4.71. The summed E-state index contributed by atoms with van der Waals surface area (Å²) in [6.07, 6.45) is 4.79. The van der Waals surface area contributed by atoms with Crippen molar-refractivity contribution in [1.82, 2.24) is 4.98 Å². The molecule has 1 heterocycles. The minimum absolute atomic E-state index is 0.229. The van der Waals surface area contributed by atoms with Gasteiger partial charge in [0.05, 0.1) is 11.8 Å². The van der Waals surface area contributed by atoms with Crippen LogP contribution < -0.4 is 5.32 Å². The van der Waals surface area contributed by atoms with Crippen LogP contribution in [0.4, 0.5) is 5.13 Å². The van der Waals surface area contributed by atoms with E-state index in [0.717, 1.165) is 17.7 Å². The molecule has 2 aromatic rings. The highest BCUT2D eigenvalue weighted by atomic mass is 32.1. The molecule has 1 fully saturated rings. The Hall–Kier alpha value is -2.21. The molecule has 1 amide bonds. The number of carboxylic acids is 1. The number of carbonyl (C=O) groups is 2. The lowest BCUT2D eigenvalue weighted by atomic mass is 9.73. The summed E-state index contributed by atoms with van der Waals surface area (Å²) in [4.78, 5) is 28.4. The Bertz CT molecular complexity index is 699. The number of aliphatic carboxylic acids is 1. The summed E-state index contributed by atoms with van der Waals surface area (Å²) in [5.74, 6) is -2.09. The van der Waals surface area contributed by atoms with Gasteiger partial charge in [-0.15, -0.1) is 11.3 Å². The Morgan fingerprint density at radius 3 is 2.57 bits per heavy atom. The topological polar surface area (TPSA) is 79.3 Å². The van der Waals surface area contributed by atoms with Crippen LogP contribution in [-0.4, -0.2) is 22.0 Å². The van der Waals surface area contributed by atoms with Gasteiger partial charge in [-0.3, -0.25) is 9.59 Å². The maximum Gasteiger partial charge on any atom is 0.307 e. The molecule has 120 valence electrons. The number of thiazole rings is 1. The third kappa shape index (κ3) is 3.76. The fourth-order valence-electron chi connectivity index (χ4n) is 2.70. The normalized spacial score (nSPS) is 19.8. The van der Waals surface area contributed by atoms with Crippen LogP contribution >= 0.6 is 11.3 Å². The number of nitrogens with one attached hydrogen (secondary N) is 1. The predicted octanol–water partition coefficient (Wildman–Crippen LogP) is 2.98. The summed E-state index contributed by atoms with van der Waals surface area (Å²) < 4.78 is 0. The van der Waals surface area contributed by atoms with Crippen LogP contribution in [0.25, 0.3) is 0 Å². The largest absolute Gasteiger partial charge is 0.481 e. The molecule has 0 bridgehead atoms. The summed E-state index contributed by atoms with van der Waals surface area (Å²) >= 11 is 1.45. The van der Waals surface area contributed by atoms with Gasteiger partial charge in [-0.25, -0.2) is 4.98 Å². The Morgan fingerprint density at radius 1 is 1.17 bits per heavy atom. The standard InChI is InChI=1S/C17H18N2O3S/c20-15(13-8-9-14(13)16(21)22)19-17-18-10-12(23-17)7-6-11-4-2-1-3-5-11/h1-5,10,13-14H,6-9H2,(H,21,22)(H,18,19,20)/t13-,14+/m0/s1. The number of anilines is 1. The monoisotopic (exact) mass is 330 g/mol. The molecule has 0 unspecified atom stereocenters. The van der Waals surface area contributed by atoms with Crippen LogP contribution in [0.1, 0.15) is 23.3 Å². The van der Waals surface area contributed by atoms with Gasteiger partial charge in [0.15, 0.2) is 5.13 Å². The van der Waals surface area contributed by atoms with Crippen LogP contribution in [0.3, 0.4) is 0 Å². The highest BCUT2D eigenvalue weighted by Crippen LogP contribution is 2.35. The molecule has 3 rings (SSSR count). The van der Waals surface area contributed by atoms with Crippen molar-refractivity contribution in [3.05, 3.63) is 47.0 Å². The smallest absolute Gasteiger partial charge is 0.307 e. The number of carboxylic acid groups (broad SMARTS) is 1. The molecule has 1 saturated carbocycles. The van der Waals surface area contributed by atoms with E-state index in [4.69, 9.17) is 5.11 Å². The number of carbonyl (C=O) groups excluding carboxylic acids is 1. The molecule has 2 N–H and O–H groups in total. The van der Waals surface area contributed by atoms with Crippen LogP contribution in [-0.2, 0) is 22.4 Å². The van der Waals surface area contributed by atoms with E-state index in [9.17, 15) is 9.59 Å². The van der Waals surface area contributed by atoms with Gasteiger partial charge in [-0.05, 0) is 31.2 Å². The predicted molar refractivity (Wildman–Crippen MR) is 88.4 cm³/mol. The van der Waals surface area contributed by atoms with E-state index >= 15 is 0 Å². The Morgan fingerprint density at radius 2 is 1.91 bits per heavy atom. The van der Waals surface area contributed by atoms with Crippen molar-refractivity contribution in [3.8, 4) is 0 Å². The van der Waals surface area contributed by atoms with Gasteiger partial charge >= 0.3 is 5.97 Å². The molecular formula is C17H18N2O3S. The zero-order chi connectivity index (χ0) is 16.2. The highest BCUT2D eigenvalue weighted by Gasteiger charge is 2.41. The fourth-order valence-corrected chi connectivity index (χ4v) is 3.52. The van der Waals surface area contributed by atoms with E-state index in [2.05, 4.69) is 22.4 Å². The lowest BCUT2D eigenvalue weighted by molar-refractivity contribution is -0.151. The number of aromatic nitrogens is 1. The second-order valence-electron chi connectivity index (χ2n) is 5.74. The summed E-state index contributed by atoms with van der Waals surface area (Å²) in [6, 6.07) is 10.2. The first-order valence-electron chi connectivity index (χ1n) is 7.66. The number of rotatable bonds is 6. The van der Waals surface area contributed by atoms with Gasteiger partial charge in [0.1, 0.15) is 0 Å². The summed E-state index contributed by atoms with van der Waals surface area (Å²) in [6.45, 7) is 0.